The molecule has 0 aromatic rings. The molecular weight excluding hydrogens is 444 g/mol. The van der Waals surface area contributed by atoms with Gasteiger partial charge in [-0.3, -0.25) is 9.59 Å². The first-order chi connectivity index (χ1) is 16.5. The first-order valence-corrected chi connectivity index (χ1v) is 13.9. The highest BCUT2D eigenvalue weighted by atomic mass is 16.7. The van der Waals surface area contributed by atoms with Gasteiger partial charge in [0.1, 0.15) is 6.10 Å². The van der Waals surface area contributed by atoms with Crippen molar-refractivity contribution >= 4 is 11.9 Å². The predicted octanol–water partition coefficient (Wildman–Crippen LogP) is 5.77. The Morgan fingerprint density at radius 2 is 1.69 bits per heavy atom. The molecule has 6 heteroatoms. The van der Waals surface area contributed by atoms with E-state index in [0.717, 1.165) is 38.5 Å². The lowest BCUT2D eigenvalue weighted by molar-refractivity contribution is -0.266. The normalized spacial score (nSPS) is 42.8. The molecule has 4 aliphatic rings. The molecule has 35 heavy (non-hydrogen) atoms. The van der Waals surface area contributed by atoms with Gasteiger partial charge < -0.3 is 18.9 Å². The Morgan fingerprint density at radius 3 is 2.31 bits per heavy atom. The number of carbonyl (C=O) groups excluding carboxylic acids is 2. The van der Waals surface area contributed by atoms with E-state index in [0.29, 0.717) is 41.9 Å². The van der Waals surface area contributed by atoms with Crippen LogP contribution in [-0.2, 0) is 28.5 Å². The Hall–Kier alpha value is -1.14. The topological polar surface area (TPSA) is 71.1 Å². The lowest BCUT2D eigenvalue weighted by atomic mass is 9.43. The molecule has 4 fully saturated rings. The quantitative estimate of drug-likeness (QED) is 0.332. The fourth-order valence-corrected chi connectivity index (χ4v) is 9.57. The maximum absolute atomic E-state index is 12.3. The van der Waals surface area contributed by atoms with Gasteiger partial charge in [-0.25, -0.2) is 0 Å². The summed E-state index contributed by atoms with van der Waals surface area (Å²) in [4.78, 5) is 24.2. The standard InChI is InChI=1S/C29H48O6/c1-18(8-13-26(31)32-5)22-11-12-23-21-10-9-20-17-29(33-6,34-7)15-14-27(20,3)24(21)16-25(28(22,23)4)35-19(2)30/h18,20-25H,8-17H2,1-7H3/t18-,20-,21+,22+,23-,24-,25+,27+,28-/m1/s1. The third kappa shape index (κ3) is 4.45. The molecule has 0 spiro atoms. The van der Waals surface area contributed by atoms with Crippen molar-refractivity contribution in [3.8, 4) is 0 Å². The van der Waals surface area contributed by atoms with Gasteiger partial charge in [0.25, 0.3) is 0 Å². The molecule has 0 aromatic carbocycles. The number of hydrogen-bond donors (Lipinski definition) is 0. The number of methoxy groups -OCH3 is 3. The van der Waals surface area contributed by atoms with Crippen LogP contribution in [0.3, 0.4) is 0 Å². The van der Waals surface area contributed by atoms with E-state index in [-0.39, 0.29) is 28.9 Å². The summed E-state index contributed by atoms with van der Waals surface area (Å²) in [6, 6.07) is 0. The minimum Gasteiger partial charge on any atom is -0.469 e. The van der Waals surface area contributed by atoms with Gasteiger partial charge in [0, 0.05) is 45.8 Å². The second kappa shape index (κ2) is 9.96. The van der Waals surface area contributed by atoms with E-state index < -0.39 is 5.79 Å². The zero-order chi connectivity index (χ0) is 25.6. The second-order valence-corrected chi connectivity index (χ2v) is 12.7. The van der Waals surface area contributed by atoms with Crippen molar-refractivity contribution in [3.63, 3.8) is 0 Å². The van der Waals surface area contributed by atoms with Gasteiger partial charge in [0.2, 0.25) is 0 Å². The van der Waals surface area contributed by atoms with E-state index in [1.807, 2.05) is 0 Å². The molecule has 4 aliphatic carbocycles. The first kappa shape index (κ1) is 26.9. The summed E-state index contributed by atoms with van der Waals surface area (Å²) >= 11 is 0. The van der Waals surface area contributed by atoms with Gasteiger partial charge in [0.05, 0.1) is 7.11 Å². The van der Waals surface area contributed by atoms with Crippen LogP contribution in [0.2, 0.25) is 0 Å². The maximum atomic E-state index is 12.3. The fraction of sp³-hybridized carbons (Fsp3) is 0.931. The van der Waals surface area contributed by atoms with Crippen molar-refractivity contribution in [2.75, 3.05) is 21.3 Å². The molecule has 6 nitrogen and oxygen atoms in total. The minimum atomic E-state index is -0.455. The van der Waals surface area contributed by atoms with E-state index >= 15 is 0 Å². The summed E-state index contributed by atoms with van der Waals surface area (Å²) in [6.07, 6.45) is 9.96. The number of esters is 2. The van der Waals surface area contributed by atoms with Gasteiger partial charge in [-0.1, -0.05) is 20.8 Å². The molecule has 0 aliphatic heterocycles. The Bertz CT molecular complexity index is 792. The van der Waals surface area contributed by atoms with E-state index in [1.54, 1.807) is 21.1 Å². The molecular formula is C29H48O6. The summed E-state index contributed by atoms with van der Waals surface area (Å²) < 4.78 is 22.9. The average Bonchev–Trinajstić information content (AvgIpc) is 3.20. The average molecular weight is 493 g/mol. The monoisotopic (exact) mass is 492 g/mol. The number of fused-ring (bicyclic) bond motifs is 5. The molecule has 0 radical (unpaired) electrons. The number of rotatable bonds is 7. The number of carbonyl (C=O) groups is 2. The summed E-state index contributed by atoms with van der Waals surface area (Å²) in [5.74, 6) is 2.44. The van der Waals surface area contributed by atoms with Crippen LogP contribution in [0.15, 0.2) is 0 Å². The lowest BCUT2D eigenvalue weighted by Gasteiger charge is -2.63. The van der Waals surface area contributed by atoms with Crippen molar-refractivity contribution in [2.24, 2.45) is 46.3 Å². The molecule has 0 bridgehead atoms. The third-order valence-electron chi connectivity index (χ3n) is 11.6. The highest BCUT2D eigenvalue weighted by molar-refractivity contribution is 5.69. The molecule has 4 saturated carbocycles. The molecule has 4 rings (SSSR count). The van der Waals surface area contributed by atoms with Crippen molar-refractivity contribution < 1.29 is 28.5 Å². The van der Waals surface area contributed by atoms with E-state index in [2.05, 4.69) is 20.8 Å². The van der Waals surface area contributed by atoms with Crippen molar-refractivity contribution in [2.45, 2.75) is 104 Å². The maximum Gasteiger partial charge on any atom is 0.305 e. The Labute approximate surface area is 212 Å². The van der Waals surface area contributed by atoms with Crippen LogP contribution in [0.4, 0.5) is 0 Å². The molecule has 9 atom stereocenters. The van der Waals surface area contributed by atoms with Crippen LogP contribution in [0.25, 0.3) is 0 Å². The lowest BCUT2D eigenvalue weighted by Crippen LogP contribution is -2.60. The van der Waals surface area contributed by atoms with Crippen molar-refractivity contribution in [1.82, 2.24) is 0 Å². The van der Waals surface area contributed by atoms with E-state index in [1.165, 1.54) is 26.4 Å². The summed E-state index contributed by atoms with van der Waals surface area (Å²) in [5.41, 5.74) is 0.181. The molecule has 0 heterocycles. The highest BCUT2D eigenvalue weighted by Crippen LogP contribution is 2.69. The minimum absolute atomic E-state index is 0.0386. The van der Waals surface area contributed by atoms with Crippen LogP contribution in [0, 0.1) is 46.3 Å². The largest absolute Gasteiger partial charge is 0.469 e. The number of ether oxygens (including phenoxy) is 4. The summed E-state index contributed by atoms with van der Waals surface area (Å²) in [5, 5.41) is 0. The molecule has 0 saturated heterocycles. The zero-order valence-electron chi connectivity index (χ0n) is 23.1. The fourth-order valence-electron chi connectivity index (χ4n) is 9.57. The van der Waals surface area contributed by atoms with Crippen LogP contribution in [0.5, 0.6) is 0 Å². The van der Waals surface area contributed by atoms with Crippen LogP contribution in [0.1, 0.15) is 91.9 Å². The second-order valence-electron chi connectivity index (χ2n) is 12.7. The Morgan fingerprint density at radius 1 is 0.971 bits per heavy atom. The van der Waals surface area contributed by atoms with Crippen LogP contribution < -0.4 is 0 Å². The van der Waals surface area contributed by atoms with Crippen LogP contribution >= 0.6 is 0 Å². The van der Waals surface area contributed by atoms with E-state index in [4.69, 9.17) is 18.9 Å². The molecule has 200 valence electrons. The molecule has 0 unspecified atom stereocenters. The first-order valence-electron chi connectivity index (χ1n) is 13.9. The Balaban J connectivity index is 1.61. The predicted molar refractivity (Wildman–Crippen MR) is 133 cm³/mol. The van der Waals surface area contributed by atoms with Gasteiger partial charge in [-0.05, 0) is 85.9 Å². The smallest absolute Gasteiger partial charge is 0.305 e. The third-order valence-corrected chi connectivity index (χ3v) is 11.6. The summed E-state index contributed by atoms with van der Waals surface area (Å²) in [7, 11) is 5.02. The van der Waals surface area contributed by atoms with Gasteiger partial charge in [-0.15, -0.1) is 0 Å². The van der Waals surface area contributed by atoms with Crippen molar-refractivity contribution in [3.05, 3.63) is 0 Å². The molecule has 0 N–H and O–H groups in total. The van der Waals surface area contributed by atoms with E-state index in [9.17, 15) is 9.59 Å². The van der Waals surface area contributed by atoms with Crippen LogP contribution in [-0.4, -0.2) is 45.2 Å². The Kier molecular flexibility index (Phi) is 7.66. The van der Waals surface area contributed by atoms with Gasteiger partial charge in [-0.2, -0.15) is 0 Å². The number of hydrogen-bond acceptors (Lipinski definition) is 6. The van der Waals surface area contributed by atoms with Gasteiger partial charge in [0.15, 0.2) is 5.79 Å². The summed E-state index contributed by atoms with van der Waals surface area (Å²) in [6.45, 7) is 8.76. The SMILES string of the molecule is COC(=O)CC[C@@H](C)[C@@H]1CC[C@@H]2[C@@H]3CC[C@@H]4CC(OC)(OC)CC[C@]4(C)[C@@H]3C[C@H](OC(C)=O)[C@@]21C. The molecule has 0 aromatic heterocycles. The van der Waals surface area contributed by atoms with Crippen molar-refractivity contribution in [1.29, 1.82) is 0 Å². The van der Waals surface area contributed by atoms with Gasteiger partial charge >= 0.3 is 11.9 Å². The highest BCUT2D eigenvalue weighted by Gasteiger charge is 2.65. The molecule has 0 amide bonds. The zero-order valence-corrected chi connectivity index (χ0v) is 23.1.